The third-order valence-electron chi connectivity index (χ3n) is 2.84. The minimum Gasteiger partial charge on any atom is -0.497 e. The number of rotatable bonds is 2. The Morgan fingerprint density at radius 2 is 2.00 bits per heavy atom. The predicted octanol–water partition coefficient (Wildman–Crippen LogP) is 4.32. The van der Waals surface area contributed by atoms with Crippen LogP contribution < -0.4 is 4.74 Å². The summed E-state index contributed by atoms with van der Waals surface area (Å²) in [4.78, 5) is 4.52. The fourth-order valence-corrected chi connectivity index (χ4v) is 2.47. The van der Waals surface area contributed by atoms with Crippen LogP contribution in [0, 0.1) is 0 Å². The molecule has 5 heteroatoms. The Labute approximate surface area is 120 Å². The van der Waals surface area contributed by atoms with Crippen molar-refractivity contribution >= 4 is 28.8 Å². The molecule has 0 saturated carbocycles. The number of ether oxygens (including phenoxy) is 1. The molecule has 0 unspecified atom stereocenters. The smallest absolute Gasteiger partial charge is 0.156 e. The van der Waals surface area contributed by atoms with E-state index in [2.05, 4.69) is 4.98 Å². The van der Waals surface area contributed by atoms with E-state index in [9.17, 15) is 0 Å². The molecular formula is C14H10Cl2N2O. The molecule has 0 aliphatic heterocycles. The van der Waals surface area contributed by atoms with Gasteiger partial charge in [0.25, 0.3) is 0 Å². The van der Waals surface area contributed by atoms with E-state index < -0.39 is 0 Å². The van der Waals surface area contributed by atoms with Crippen molar-refractivity contribution in [1.82, 2.24) is 9.38 Å². The first-order chi connectivity index (χ1) is 9.17. The van der Waals surface area contributed by atoms with Gasteiger partial charge < -0.3 is 9.14 Å². The molecule has 0 aliphatic carbocycles. The largest absolute Gasteiger partial charge is 0.497 e. The van der Waals surface area contributed by atoms with Crippen LogP contribution in [0.4, 0.5) is 0 Å². The van der Waals surface area contributed by atoms with Crippen LogP contribution in [0.25, 0.3) is 16.9 Å². The first-order valence-electron chi connectivity index (χ1n) is 5.65. The van der Waals surface area contributed by atoms with Crippen LogP contribution in [-0.4, -0.2) is 16.5 Å². The molecule has 3 rings (SSSR count). The lowest BCUT2D eigenvalue weighted by atomic mass is 10.1. The summed E-state index contributed by atoms with van der Waals surface area (Å²) in [5, 5.41) is 1.11. The Kier molecular flexibility index (Phi) is 3.09. The molecule has 0 atom stereocenters. The molecule has 3 aromatic rings. The van der Waals surface area contributed by atoms with Crippen LogP contribution in [-0.2, 0) is 0 Å². The summed E-state index contributed by atoms with van der Waals surface area (Å²) in [7, 11) is 1.64. The second-order valence-electron chi connectivity index (χ2n) is 4.10. The molecule has 0 spiro atoms. The van der Waals surface area contributed by atoms with E-state index in [1.165, 1.54) is 0 Å². The van der Waals surface area contributed by atoms with E-state index in [0.717, 1.165) is 17.0 Å². The molecule has 0 amide bonds. The summed E-state index contributed by atoms with van der Waals surface area (Å²) in [5.74, 6) is 0.790. The summed E-state index contributed by atoms with van der Waals surface area (Å²) in [5.41, 5.74) is 2.47. The fraction of sp³-hybridized carbons (Fsp3) is 0.0714. The number of hydrogen-bond donors (Lipinski definition) is 0. The lowest BCUT2D eigenvalue weighted by Gasteiger charge is -2.00. The molecule has 0 aliphatic rings. The van der Waals surface area contributed by atoms with Crippen LogP contribution >= 0.6 is 23.2 Å². The molecule has 19 heavy (non-hydrogen) atoms. The number of benzene rings is 1. The van der Waals surface area contributed by atoms with E-state index in [4.69, 9.17) is 27.9 Å². The predicted molar refractivity (Wildman–Crippen MR) is 77.2 cm³/mol. The quantitative estimate of drug-likeness (QED) is 0.703. The molecule has 3 nitrogen and oxygen atoms in total. The number of hydrogen-bond acceptors (Lipinski definition) is 2. The Morgan fingerprint density at radius 1 is 1.16 bits per heavy atom. The summed E-state index contributed by atoms with van der Waals surface area (Å²) in [6.07, 6.45) is 3.67. The molecule has 2 aromatic heterocycles. The number of pyridine rings is 1. The van der Waals surface area contributed by atoms with Crippen LogP contribution in [0.15, 0.2) is 42.7 Å². The van der Waals surface area contributed by atoms with Gasteiger partial charge in [-0.25, -0.2) is 4.98 Å². The van der Waals surface area contributed by atoms with Gasteiger partial charge in [0.2, 0.25) is 0 Å². The van der Waals surface area contributed by atoms with Gasteiger partial charge in [-0.1, -0.05) is 35.3 Å². The zero-order valence-electron chi connectivity index (χ0n) is 10.1. The Hall–Kier alpha value is -1.71. The maximum atomic E-state index is 6.13. The average molecular weight is 293 g/mol. The van der Waals surface area contributed by atoms with Crippen molar-refractivity contribution in [2.24, 2.45) is 0 Å². The maximum absolute atomic E-state index is 6.13. The molecule has 1 aromatic carbocycles. The Bertz CT molecular complexity index is 752. The van der Waals surface area contributed by atoms with Crippen molar-refractivity contribution in [3.63, 3.8) is 0 Å². The standard InChI is InChI=1S/C14H10Cl2N2O/c1-19-11-4-2-3-9(5-11)13-8-18-7-10(15)6-12(16)14(18)17-13/h2-8H,1H3. The van der Waals surface area contributed by atoms with Gasteiger partial charge >= 0.3 is 0 Å². The SMILES string of the molecule is COc1cccc(-c2cn3cc(Cl)cc(Cl)c3n2)c1. The normalized spacial score (nSPS) is 10.9. The van der Waals surface area contributed by atoms with E-state index >= 15 is 0 Å². The van der Waals surface area contributed by atoms with Gasteiger partial charge in [-0.2, -0.15) is 0 Å². The van der Waals surface area contributed by atoms with E-state index in [1.807, 2.05) is 34.9 Å². The lowest BCUT2D eigenvalue weighted by Crippen LogP contribution is -1.83. The van der Waals surface area contributed by atoms with Gasteiger partial charge in [0.05, 0.1) is 22.8 Å². The van der Waals surface area contributed by atoms with Crippen LogP contribution in [0.3, 0.4) is 0 Å². The minimum absolute atomic E-state index is 0.529. The second-order valence-corrected chi connectivity index (χ2v) is 4.94. The summed E-state index contributed by atoms with van der Waals surface area (Å²) < 4.78 is 7.03. The van der Waals surface area contributed by atoms with Gasteiger partial charge in [0.1, 0.15) is 5.75 Å². The van der Waals surface area contributed by atoms with Crippen molar-refractivity contribution in [1.29, 1.82) is 0 Å². The highest BCUT2D eigenvalue weighted by molar-refractivity contribution is 6.36. The number of fused-ring (bicyclic) bond motifs is 1. The molecular weight excluding hydrogens is 283 g/mol. The van der Waals surface area contributed by atoms with Gasteiger partial charge in [-0.15, -0.1) is 0 Å². The highest BCUT2D eigenvalue weighted by Crippen LogP contribution is 2.27. The van der Waals surface area contributed by atoms with Crippen molar-refractivity contribution in [2.75, 3.05) is 7.11 Å². The zero-order valence-corrected chi connectivity index (χ0v) is 11.6. The van der Waals surface area contributed by atoms with Crippen LogP contribution in [0.2, 0.25) is 10.0 Å². The number of methoxy groups -OCH3 is 1. The zero-order chi connectivity index (χ0) is 13.4. The lowest BCUT2D eigenvalue weighted by molar-refractivity contribution is 0.415. The molecule has 0 fully saturated rings. The van der Waals surface area contributed by atoms with Gasteiger partial charge in [-0.05, 0) is 18.2 Å². The average Bonchev–Trinajstić information content (AvgIpc) is 2.83. The van der Waals surface area contributed by atoms with E-state index in [0.29, 0.717) is 15.7 Å². The topological polar surface area (TPSA) is 26.5 Å². The third kappa shape index (κ3) is 2.27. The molecule has 0 bridgehead atoms. The van der Waals surface area contributed by atoms with Crippen molar-refractivity contribution in [3.05, 3.63) is 52.8 Å². The first-order valence-corrected chi connectivity index (χ1v) is 6.41. The van der Waals surface area contributed by atoms with Crippen LogP contribution in [0.5, 0.6) is 5.75 Å². The van der Waals surface area contributed by atoms with Gasteiger partial charge in [0.15, 0.2) is 5.65 Å². The van der Waals surface area contributed by atoms with Crippen molar-refractivity contribution in [2.45, 2.75) is 0 Å². The number of nitrogens with zero attached hydrogens (tertiary/aromatic N) is 2. The van der Waals surface area contributed by atoms with Crippen molar-refractivity contribution < 1.29 is 4.74 Å². The molecule has 0 saturated heterocycles. The summed E-state index contributed by atoms with van der Waals surface area (Å²) in [6.45, 7) is 0. The number of halogens is 2. The highest BCUT2D eigenvalue weighted by atomic mass is 35.5. The molecule has 0 radical (unpaired) electrons. The molecule has 96 valence electrons. The third-order valence-corrected chi connectivity index (χ3v) is 3.32. The van der Waals surface area contributed by atoms with Gasteiger partial charge in [0, 0.05) is 18.0 Å². The fourth-order valence-electron chi connectivity index (χ4n) is 1.95. The van der Waals surface area contributed by atoms with Crippen molar-refractivity contribution in [3.8, 4) is 17.0 Å². The second kappa shape index (κ2) is 4.76. The molecule has 2 heterocycles. The number of imidazole rings is 1. The minimum atomic E-state index is 0.529. The highest BCUT2D eigenvalue weighted by Gasteiger charge is 2.09. The Balaban J connectivity index is 2.17. The Morgan fingerprint density at radius 3 is 2.79 bits per heavy atom. The summed E-state index contributed by atoms with van der Waals surface area (Å²) in [6, 6.07) is 9.40. The monoisotopic (exact) mass is 292 g/mol. The van der Waals surface area contributed by atoms with E-state index in [1.54, 1.807) is 19.4 Å². The summed E-state index contributed by atoms with van der Waals surface area (Å²) >= 11 is 12.1. The van der Waals surface area contributed by atoms with E-state index in [-0.39, 0.29) is 0 Å². The molecule has 0 N–H and O–H groups in total. The maximum Gasteiger partial charge on any atom is 0.156 e. The van der Waals surface area contributed by atoms with Crippen LogP contribution in [0.1, 0.15) is 0 Å². The van der Waals surface area contributed by atoms with Gasteiger partial charge in [-0.3, -0.25) is 0 Å². The first kappa shape index (κ1) is 12.3. The number of aromatic nitrogens is 2.